The van der Waals surface area contributed by atoms with Crippen molar-refractivity contribution in [2.24, 2.45) is 0 Å². The molecule has 0 atom stereocenters. The molecule has 2 aromatic rings. The van der Waals surface area contributed by atoms with Gasteiger partial charge in [0.05, 0.1) is 5.69 Å². The standard InChI is InChI=1S/C14H15F2N3S/c1-9-13(11-8-10(15)2-3-12(11)16)18-14(20-9)19-6-4-17-5-7-19/h2-3,8,17H,4-7H2,1H3. The third-order valence-electron chi connectivity index (χ3n) is 3.36. The molecule has 0 unspecified atom stereocenters. The molecule has 106 valence electrons. The van der Waals surface area contributed by atoms with Gasteiger partial charge < -0.3 is 10.2 Å². The van der Waals surface area contributed by atoms with E-state index < -0.39 is 11.6 Å². The van der Waals surface area contributed by atoms with Crippen LogP contribution < -0.4 is 10.2 Å². The van der Waals surface area contributed by atoms with E-state index in [1.165, 1.54) is 17.4 Å². The Morgan fingerprint density at radius 1 is 1.25 bits per heavy atom. The first kappa shape index (κ1) is 13.5. The highest BCUT2D eigenvalue weighted by molar-refractivity contribution is 7.16. The smallest absolute Gasteiger partial charge is 0.186 e. The van der Waals surface area contributed by atoms with E-state index in [1.807, 2.05) is 6.92 Å². The fraction of sp³-hybridized carbons (Fsp3) is 0.357. The Morgan fingerprint density at radius 3 is 2.75 bits per heavy atom. The van der Waals surface area contributed by atoms with Crippen LogP contribution in [0.25, 0.3) is 11.3 Å². The summed E-state index contributed by atoms with van der Waals surface area (Å²) in [6.45, 7) is 5.50. The molecule has 0 saturated carbocycles. The number of thiazole rings is 1. The van der Waals surface area contributed by atoms with Crippen LogP contribution in [0.1, 0.15) is 4.88 Å². The lowest BCUT2D eigenvalue weighted by Gasteiger charge is -2.26. The third kappa shape index (κ3) is 2.53. The number of hydrogen-bond donors (Lipinski definition) is 1. The number of nitrogens with zero attached hydrogens (tertiary/aromatic N) is 2. The molecular weight excluding hydrogens is 280 g/mol. The second-order valence-electron chi connectivity index (χ2n) is 4.76. The molecule has 1 N–H and O–H groups in total. The van der Waals surface area contributed by atoms with Crippen molar-refractivity contribution >= 4 is 16.5 Å². The SMILES string of the molecule is Cc1sc(N2CCNCC2)nc1-c1cc(F)ccc1F. The molecule has 1 saturated heterocycles. The summed E-state index contributed by atoms with van der Waals surface area (Å²) in [5.41, 5.74) is 0.778. The van der Waals surface area contributed by atoms with E-state index in [2.05, 4.69) is 15.2 Å². The van der Waals surface area contributed by atoms with Crippen molar-refractivity contribution in [3.05, 3.63) is 34.7 Å². The van der Waals surface area contributed by atoms with Gasteiger partial charge in [0, 0.05) is 36.6 Å². The molecule has 6 heteroatoms. The Morgan fingerprint density at radius 2 is 2.00 bits per heavy atom. The Kier molecular flexibility index (Phi) is 3.67. The van der Waals surface area contributed by atoms with Crippen LogP contribution in [0, 0.1) is 18.6 Å². The fourth-order valence-corrected chi connectivity index (χ4v) is 3.28. The maximum absolute atomic E-state index is 13.9. The van der Waals surface area contributed by atoms with E-state index >= 15 is 0 Å². The highest BCUT2D eigenvalue weighted by Gasteiger charge is 2.19. The molecule has 20 heavy (non-hydrogen) atoms. The molecule has 0 amide bonds. The van der Waals surface area contributed by atoms with E-state index in [-0.39, 0.29) is 5.56 Å². The monoisotopic (exact) mass is 295 g/mol. The second kappa shape index (κ2) is 5.46. The minimum atomic E-state index is -0.447. The number of aryl methyl sites for hydroxylation is 1. The maximum Gasteiger partial charge on any atom is 0.186 e. The van der Waals surface area contributed by atoms with E-state index in [0.717, 1.165) is 48.3 Å². The Balaban J connectivity index is 1.98. The second-order valence-corrected chi connectivity index (χ2v) is 5.94. The van der Waals surface area contributed by atoms with Crippen molar-refractivity contribution in [2.45, 2.75) is 6.92 Å². The van der Waals surface area contributed by atoms with Crippen molar-refractivity contribution in [3.63, 3.8) is 0 Å². The van der Waals surface area contributed by atoms with Crippen molar-refractivity contribution in [2.75, 3.05) is 31.1 Å². The zero-order valence-corrected chi connectivity index (χ0v) is 11.9. The van der Waals surface area contributed by atoms with Crippen molar-refractivity contribution in [1.29, 1.82) is 0 Å². The van der Waals surface area contributed by atoms with Crippen LogP contribution in [-0.4, -0.2) is 31.2 Å². The van der Waals surface area contributed by atoms with Gasteiger partial charge in [-0.15, -0.1) is 11.3 Å². The van der Waals surface area contributed by atoms with Gasteiger partial charge in [0.2, 0.25) is 0 Å². The quantitative estimate of drug-likeness (QED) is 0.923. The lowest BCUT2D eigenvalue weighted by Crippen LogP contribution is -2.43. The minimum Gasteiger partial charge on any atom is -0.346 e. The van der Waals surface area contributed by atoms with Gasteiger partial charge in [0.15, 0.2) is 5.13 Å². The molecule has 1 aromatic heterocycles. The summed E-state index contributed by atoms with van der Waals surface area (Å²) in [4.78, 5) is 7.60. The summed E-state index contributed by atoms with van der Waals surface area (Å²) in [5, 5.41) is 4.16. The van der Waals surface area contributed by atoms with Crippen LogP contribution in [0.4, 0.5) is 13.9 Å². The summed E-state index contributed by atoms with van der Waals surface area (Å²) < 4.78 is 27.2. The zero-order chi connectivity index (χ0) is 14.1. The van der Waals surface area contributed by atoms with Crippen LogP contribution in [0.3, 0.4) is 0 Å². The van der Waals surface area contributed by atoms with Crippen LogP contribution in [0.2, 0.25) is 0 Å². The lowest BCUT2D eigenvalue weighted by atomic mass is 10.1. The van der Waals surface area contributed by atoms with Gasteiger partial charge in [-0.2, -0.15) is 0 Å². The van der Waals surface area contributed by atoms with Crippen LogP contribution in [-0.2, 0) is 0 Å². The van der Waals surface area contributed by atoms with Crippen LogP contribution in [0.15, 0.2) is 18.2 Å². The largest absolute Gasteiger partial charge is 0.346 e. The third-order valence-corrected chi connectivity index (χ3v) is 4.39. The van der Waals surface area contributed by atoms with Crippen molar-refractivity contribution in [3.8, 4) is 11.3 Å². The molecule has 1 aromatic carbocycles. The molecule has 0 bridgehead atoms. The highest BCUT2D eigenvalue weighted by atomic mass is 32.1. The number of anilines is 1. The minimum absolute atomic E-state index is 0.236. The highest BCUT2D eigenvalue weighted by Crippen LogP contribution is 2.34. The van der Waals surface area contributed by atoms with Crippen molar-refractivity contribution in [1.82, 2.24) is 10.3 Å². The summed E-state index contributed by atoms with van der Waals surface area (Å²) in [7, 11) is 0. The average molecular weight is 295 g/mol. The van der Waals surface area contributed by atoms with E-state index in [0.29, 0.717) is 5.69 Å². The van der Waals surface area contributed by atoms with Crippen molar-refractivity contribution < 1.29 is 8.78 Å². The Bertz CT molecular complexity index is 621. The molecule has 0 radical (unpaired) electrons. The molecule has 1 aliphatic rings. The summed E-state index contributed by atoms with van der Waals surface area (Å²) in [5.74, 6) is -0.885. The predicted octanol–water partition coefficient (Wildman–Crippen LogP) is 2.81. The molecule has 2 heterocycles. The van der Waals surface area contributed by atoms with Gasteiger partial charge in [0.25, 0.3) is 0 Å². The van der Waals surface area contributed by atoms with Gasteiger partial charge in [-0.3, -0.25) is 0 Å². The summed E-state index contributed by atoms with van der Waals surface area (Å²) in [6.07, 6.45) is 0. The number of piperazine rings is 1. The van der Waals surface area contributed by atoms with Gasteiger partial charge in [-0.25, -0.2) is 13.8 Å². The Hall–Kier alpha value is -1.53. The van der Waals surface area contributed by atoms with Crippen LogP contribution >= 0.6 is 11.3 Å². The van der Waals surface area contributed by atoms with E-state index in [1.54, 1.807) is 0 Å². The van der Waals surface area contributed by atoms with Gasteiger partial charge in [-0.1, -0.05) is 0 Å². The first-order valence-electron chi connectivity index (χ1n) is 6.53. The number of benzene rings is 1. The van der Waals surface area contributed by atoms with Crippen LogP contribution in [0.5, 0.6) is 0 Å². The molecule has 3 nitrogen and oxygen atoms in total. The van der Waals surface area contributed by atoms with E-state index in [9.17, 15) is 8.78 Å². The number of nitrogens with one attached hydrogen (secondary N) is 1. The number of aromatic nitrogens is 1. The predicted molar refractivity (Wildman–Crippen MR) is 77.3 cm³/mol. The topological polar surface area (TPSA) is 28.2 Å². The number of hydrogen-bond acceptors (Lipinski definition) is 4. The van der Waals surface area contributed by atoms with E-state index in [4.69, 9.17) is 0 Å². The summed E-state index contributed by atoms with van der Waals surface area (Å²) >= 11 is 1.53. The molecule has 3 rings (SSSR count). The molecule has 1 aliphatic heterocycles. The number of rotatable bonds is 2. The Labute approximate surface area is 120 Å². The first-order valence-corrected chi connectivity index (χ1v) is 7.35. The van der Waals surface area contributed by atoms with Gasteiger partial charge in [0.1, 0.15) is 11.6 Å². The molecule has 0 spiro atoms. The first-order chi connectivity index (χ1) is 9.65. The molecule has 0 aliphatic carbocycles. The summed E-state index contributed by atoms with van der Waals surface area (Å²) in [6, 6.07) is 3.48. The normalized spacial score (nSPS) is 15.7. The molecule has 1 fully saturated rings. The number of halogens is 2. The molecular formula is C14H15F2N3S. The zero-order valence-electron chi connectivity index (χ0n) is 11.1. The van der Waals surface area contributed by atoms with Gasteiger partial charge in [-0.05, 0) is 25.1 Å². The maximum atomic E-state index is 13.9. The lowest BCUT2D eigenvalue weighted by molar-refractivity contribution is 0.588. The average Bonchev–Trinajstić information content (AvgIpc) is 2.84. The fourth-order valence-electron chi connectivity index (χ4n) is 2.30. The van der Waals surface area contributed by atoms with Gasteiger partial charge >= 0.3 is 0 Å².